The van der Waals surface area contributed by atoms with Gasteiger partial charge in [-0.2, -0.15) is 5.26 Å². The van der Waals surface area contributed by atoms with Crippen LogP contribution in [0.4, 0.5) is 0 Å². The topological polar surface area (TPSA) is 42.2 Å². The maximum absolute atomic E-state index is 8.77. The third-order valence-electron chi connectivity index (χ3n) is 1.76. The van der Waals surface area contributed by atoms with Crippen LogP contribution >= 0.6 is 15.9 Å². The lowest BCUT2D eigenvalue weighted by Gasteiger charge is -2.11. The third kappa shape index (κ3) is 3.59. The Morgan fingerprint density at radius 3 is 2.75 bits per heavy atom. The fourth-order valence-corrected chi connectivity index (χ4v) is 1.24. The predicted molar refractivity (Wildman–Crippen MR) is 65.9 cm³/mol. The Bertz CT molecular complexity index is 424. The molecule has 0 aromatic heterocycles. The van der Waals surface area contributed by atoms with E-state index in [4.69, 9.17) is 14.7 Å². The zero-order valence-electron chi connectivity index (χ0n) is 9.00. The van der Waals surface area contributed by atoms with Gasteiger partial charge in [0.15, 0.2) is 11.5 Å². The molecule has 0 saturated carbocycles. The molecule has 1 aromatic carbocycles. The first-order valence-electron chi connectivity index (χ1n) is 4.80. The summed E-state index contributed by atoms with van der Waals surface area (Å²) in [6.45, 7) is 6.45. The molecule has 0 amide bonds. The molecule has 3 nitrogen and oxygen atoms in total. The van der Waals surface area contributed by atoms with E-state index in [1.54, 1.807) is 18.2 Å². The lowest BCUT2D eigenvalue weighted by molar-refractivity contribution is 0.296. The van der Waals surface area contributed by atoms with Crippen LogP contribution in [0.5, 0.6) is 11.5 Å². The summed E-state index contributed by atoms with van der Waals surface area (Å²) in [7, 11) is 0. The molecule has 0 heterocycles. The van der Waals surface area contributed by atoms with Crippen molar-refractivity contribution in [2.24, 2.45) is 0 Å². The van der Waals surface area contributed by atoms with Crippen LogP contribution in [0.2, 0.25) is 0 Å². The Morgan fingerprint density at radius 2 is 2.19 bits per heavy atom. The van der Waals surface area contributed by atoms with Gasteiger partial charge in [-0.1, -0.05) is 22.5 Å². The fourth-order valence-electron chi connectivity index (χ4n) is 1.12. The fraction of sp³-hybridized carbons (Fsp3) is 0.250. The highest BCUT2D eigenvalue weighted by Crippen LogP contribution is 2.28. The lowest BCUT2D eigenvalue weighted by Crippen LogP contribution is -2.00. The van der Waals surface area contributed by atoms with Crippen LogP contribution < -0.4 is 9.47 Å². The predicted octanol–water partition coefficient (Wildman–Crippen LogP) is 3.24. The molecule has 0 bridgehead atoms. The average molecular weight is 282 g/mol. The highest BCUT2D eigenvalue weighted by Gasteiger charge is 2.06. The Kier molecular flexibility index (Phi) is 4.87. The summed E-state index contributed by atoms with van der Waals surface area (Å²) in [5, 5.41) is 8.77. The Labute approximate surface area is 103 Å². The molecule has 0 atom stereocenters. The van der Waals surface area contributed by atoms with Crippen LogP contribution in [0.15, 0.2) is 29.3 Å². The average Bonchev–Trinajstić information content (AvgIpc) is 2.27. The minimum Gasteiger partial charge on any atom is -0.490 e. The van der Waals surface area contributed by atoms with Gasteiger partial charge < -0.3 is 9.47 Å². The summed E-state index contributed by atoms with van der Waals surface area (Å²) >= 11 is 3.21. The Balaban J connectivity index is 2.89. The number of rotatable bonds is 5. The van der Waals surface area contributed by atoms with Gasteiger partial charge in [0.05, 0.1) is 18.2 Å². The van der Waals surface area contributed by atoms with Crippen molar-refractivity contribution in [1.29, 1.82) is 5.26 Å². The molecule has 0 aliphatic carbocycles. The second kappa shape index (κ2) is 6.19. The molecule has 0 fully saturated rings. The summed E-state index contributed by atoms with van der Waals surface area (Å²) < 4.78 is 11.6. The number of hydrogen-bond donors (Lipinski definition) is 0. The van der Waals surface area contributed by atoms with Gasteiger partial charge in [-0.15, -0.1) is 0 Å². The summed E-state index contributed by atoms with van der Waals surface area (Å²) in [5.74, 6) is 1.19. The smallest absolute Gasteiger partial charge is 0.162 e. The van der Waals surface area contributed by atoms with Crippen LogP contribution in [-0.4, -0.2) is 13.2 Å². The molecule has 16 heavy (non-hydrogen) atoms. The van der Waals surface area contributed by atoms with Gasteiger partial charge in [0.25, 0.3) is 0 Å². The number of halogens is 1. The Hall–Kier alpha value is -1.47. The van der Waals surface area contributed by atoms with Crippen molar-refractivity contribution in [3.8, 4) is 17.6 Å². The summed E-state index contributed by atoms with van der Waals surface area (Å²) in [5.41, 5.74) is 0.550. The summed E-state index contributed by atoms with van der Waals surface area (Å²) in [4.78, 5) is 0. The van der Waals surface area contributed by atoms with E-state index in [1.165, 1.54) is 0 Å². The van der Waals surface area contributed by atoms with E-state index in [9.17, 15) is 0 Å². The van der Waals surface area contributed by atoms with Crippen LogP contribution in [0.3, 0.4) is 0 Å². The van der Waals surface area contributed by atoms with E-state index in [2.05, 4.69) is 28.6 Å². The molecule has 0 aliphatic heterocycles. The zero-order valence-corrected chi connectivity index (χ0v) is 10.6. The minimum atomic E-state index is 0.367. The number of hydrogen-bond acceptors (Lipinski definition) is 3. The van der Waals surface area contributed by atoms with E-state index in [1.807, 2.05) is 6.92 Å². The van der Waals surface area contributed by atoms with Gasteiger partial charge in [0.2, 0.25) is 0 Å². The van der Waals surface area contributed by atoms with Crippen molar-refractivity contribution in [3.05, 3.63) is 34.8 Å². The summed E-state index contributed by atoms with van der Waals surface area (Å²) in [6.07, 6.45) is 0. The van der Waals surface area contributed by atoms with Crippen molar-refractivity contribution in [2.45, 2.75) is 6.92 Å². The summed E-state index contributed by atoms with van der Waals surface area (Å²) in [6, 6.07) is 7.13. The van der Waals surface area contributed by atoms with Crippen molar-refractivity contribution < 1.29 is 9.47 Å². The SMILES string of the molecule is C=C(Br)COc1ccc(C#N)cc1OCC. The molecule has 4 heteroatoms. The van der Waals surface area contributed by atoms with E-state index in [0.29, 0.717) is 30.3 Å². The van der Waals surface area contributed by atoms with E-state index < -0.39 is 0 Å². The number of ether oxygens (including phenoxy) is 2. The second-order valence-corrected chi connectivity index (χ2v) is 4.13. The number of nitriles is 1. The van der Waals surface area contributed by atoms with E-state index in [0.717, 1.165) is 4.48 Å². The van der Waals surface area contributed by atoms with Gasteiger partial charge in [0, 0.05) is 10.5 Å². The lowest BCUT2D eigenvalue weighted by atomic mass is 10.2. The molecule has 84 valence electrons. The van der Waals surface area contributed by atoms with E-state index >= 15 is 0 Å². The normalized spacial score (nSPS) is 9.31. The van der Waals surface area contributed by atoms with Crippen LogP contribution in [0, 0.1) is 11.3 Å². The quantitative estimate of drug-likeness (QED) is 0.832. The second-order valence-electron chi connectivity index (χ2n) is 3.01. The van der Waals surface area contributed by atoms with Crippen LogP contribution in [-0.2, 0) is 0 Å². The van der Waals surface area contributed by atoms with Crippen molar-refractivity contribution in [1.82, 2.24) is 0 Å². The zero-order chi connectivity index (χ0) is 12.0. The van der Waals surface area contributed by atoms with E-state index in [-0.39, 0.29) is 0 Å². The standard InChI is InChI=1S/C12H12BrNO2/c1-3-15-12-6-10(7-14)4-5-11(12)16-8-9(2)13/h4-6H,2-3,8H2,1H3. The van der Waals surface area contributed by atoms with Gasteiger partial charge in [-0.3, -0.25) is 0 Å². The number of nitrogens with zero attached hydrogens (tertiary/aromatic N) is 1. The monoisotopic (exact) mass is 281 g/mol. The molecule has 0 N–H and O–H groups in total. The molecular formula is C12H12BrNO2. The molecule has 1 aromatic rings. The minimum absolute atomic E-state index is 0.367. The highest BCUT2D eigenvalue weighted by molar-refractivity contribution is 9.11. The van der Waals surface area contributed by atoms with Gasteiger partial charge >= 0.3 is 0 Å². The van der Waals surface area contributed by atoms with Crippen LogP contribution in [0.1, 0.15) is 12.5 Å². The molecule has 0 spiro atoms. The molecule has 0 unspecified atom stereocenters. The van der Waals surface area contributed by atoms with Crippen LogP contribution in [0.25, 0.3) is 0 Å². The third-order valence-corrected chi connectivity index (χ3v) is 1.99. The first-order chi connectivity index (χ1) is 7.67. The molecule has 0 radical (unpaired) electrons. The molecular weight excluding hydrogens is 270 g/mol. The van der Waals surface area contributed by atoms with Crippen molar-refractivity contribution in [3.63, 3.8) is 0 Å². The maximum atomic E-state index is 8.77. The first-order valence-corrected chi connectivity index (χ1v) is 5.59. The largest absolute Gasteiger partial charge is 0.490 e. The highest BCUT2D eigenvalue weighted by atomic mass is 79.9. The molecule has 1 rings (SSSR count). The van der Waals surface area contributed by atoms with Gasteiger partial charge in [-0.05, 0) is 19.1 Å². The number of benzene rings is 1. The Morgan fingerprint density at radius 1 is 1.44 bits per heavy atom. The first kappa shape index (κ1) is 12.6. The molecule has 0 saturated heterocycles. The maximum Gasteiger partial charge on any atom is 0.162 e. The molecule has 0 aliphatic rings. The van der Waals surface area contributed by atoms with Gasteiger partial charge in [0.1, 0.15) is 6.61 Å². The van der Waals surface area contributed by atoms with Crippen molar-refractivity contribution in [2.75, 3.05) is 13.2 Å². The van der Waals surface area contributed by atoms with Gasteiger partial charge in [-0.25, -0.2) is 0 Å². The van der Waals surface area contributed by atoms with Crippen molar-refractivity contribution >= 4 is 15.9 Å².